The Morgan fingerprint density at radius 2 is 2.12 bits per heavy atom. The van der Waals surface area contributed by atoms with Gasteiger partial charge in [0.25, 0.3) is 0 Å². The first-order valence-corrected chi connectivity index (χ1v) is 8.18. The molecule has 0 saturated carbocycles. The number of carboxylic acids is 1. The number of hydrogen-bond acceptors (Lipinski definition) is 4. The van der Waals surface area contributed by atoms with Crippen LogP contribution in [-0.4, -0.2) is 53.0 Å². The van der Waals surface area contributed by atoms with Crippen molar-refractivity contribution >= 4 is 35.3 Å². The highest BCUT2D eigenvalue weighted by atomic mass is 35.5. The molecule has 2 heterocycles. The molecule has 0 bridgehead atoms. The summed E-state index contributed by atoms with van der Waals surface area (Å²) in [4.78, 5) is 27.1. The largest absolute Gasteiger partial charge is 0.480 e. The second-order valence-corrected chi connectivity index (χ2v) is 6.33. The van der Waals surface area contributed by atoms with Gasteiger partial charge in [-0.25, -0.2) is 0 Å². The average molecular weight is 367 g/mol. The molecule has 1 amide bonds. The SMILES string of the molecule is CC(c1cc2ccccc2o1)N(C)C(=O)CN1CCC[C@@H]1C(=O)O.Cl. The van der Waals surface area contributed by atoms with E-state index >= 15 is 0 Å². The molecule has 0 aliphatic carbocycles. The molecule has 1 aliphatic rings. The van der Waals surface area contributed by atoms with Crippen LogP contribution in [-0.2, 0) is 9.59 Å². The summed E-state index contributed by atoms with van der Waals surface area (Å²) in [5.41, 5.74) is 0.797. The molecule has 2 atom stereocenters. The summed E-state index contributed by atoms with van der Waals surface area (Å²) in [6, 6.07) is 8.90. The van der Waals surface area contributed by atoms with Gasteiger partial charge in [-0.15, -0.1) is 12.4 Å². The Kier molecular flexibility index (Phi) is 6.08. The second-order valence-electron chi connectivity index (χ2n) is 6.33. The highest BCUT2D eigenvalue weighted by Gasteiger charge is 2.33. The summed E-state index contributed by atoms with van der Waals surface area (Å²) in [6.45, 7) is 2.68. The Hall–Kier alpha value is -2.05. The number of likely N-dealkylation sites (N-methyl/N-ethyl adjacent to an activating group) is 1. The minimum Gasteiger partial charge on any atom is -0.480 e. The van der Waals surface area contributed by atoms with Crippen molar-refractivity contribution in [2.45, 2.75) is 31.8 Å². The fourth-order valence-electron chi connectivity index (χ4n) is 3.20. The first-order chi connectivity index (χ1) is 11.5. The second kappa shape index (κ2) is 7.89. The lowest BCUT2D eigenvalue weighted by atomic mass is 10.2. The van der Waals surface area contributed by atoms with Crippen molar-refractivity contribution < 1.29 is 19.1 Å². The molecule has 2 aromatic rings. The number of carbonyl (C=O) groups is 2. The van der Waals surface area contributed by atoms with E-state index in [1.54, 1.807) is 16.8 Å². The molecule has 136 valence electrons. The summed E-state index contributed by atoms with van der Waals surface area (Å²) in [7, 11) is 1.73. The predicted octanol–water partition coefficient (Wildman–Crippen LogP) is 2.92. The average Bonchev–Trinajstić information content (AvgIpc) is 3.19. The lowest BCUT2D eigenvalue weighted by Gasteiger charge is -2.27. The first kappa shape index (κ1) is 19.3. The number of furan rings is 1. The maximum absolute atomic E-state index is 12.5. The minimum absolute atomic E-state index is 0. The summed E-state index contributed by atoms with van der Waals surface area (Å²) < 4.78 is 5.83. The Bertz CT molecular complexity index is 727. The van der Waals surface area contributed by atoms with Crippen LogP contribution in [0.25, 0.3) is 11.0 Å². The predicted molar refractivity (Wildman–Crippen MR) is 96.9 cm³/mol. The van der Waals surface area contributed by atoms with Crippen LogP contribution >= 0.6 is 12.4 Å². The van der Waals surface area contributed by atoms with Crippen molar-refractivity contribution in [2.75, 3.05) is 20.1 Å². The lowest BCUT2D eigenvalue weighted by molar-refractivity contribution is -0.143. The number of likely N-dealkylation sites (tertiary alicyclic amines) is 1. The topological polar surface area (TPSA) is 74.0 Å². The highest BCUT2D eigenvalue weighted by Crippen LogP contribution is 2.27. The van der Waals surface area contributed by atoms with E-state index in [2.05, 4.69) is 0 Å². The van der Waals surface area contributed by atoms with Crippen LogP contribution in [0.2, 0.25) is 0 Å². The van der Waals surface area contributed by atoms with Gasteiger partial charge in [0.15, 0.2) is 0 Å². The molecule has 1 aliphatic heterocycles. The zero-order chi connectivity index (χ0) is 17.3. The lowest BCUT2D eigenvalue weighted by Crippen LogP contribution is -2.44. The molecule has 0 radical (unpaired) electrons. The molecule has 25 heavy (non-hydrogen) atoms. The maximum Gasteiger partial charge on any atom is 0.320 e. The molecule has 7 heteroatoms. The number of para-hydroxylation sites is 1. The van der Waals surface area contributed by atoms with Gasteiger partial charge < -0.3 is 14.4 Å². The standard InChI is InChI=1S/C18H22N2O4.ClH/c1-12(16-10-13-6-3-4-8-15(13)24-16)19(2)17(21)11-20-9-5-7-14(20)18(22)23;/h3-4,6,8,10,12,14H,5,7,9,11H2,1-2H3,(H,22,23);1H/t12?,14-;/m1./s1. The van der Waals surface area contributed by atoms with Gasteiger partial charge in [0.2, 0.25) is 5.91 Å². The Balaban J connectivity index is 0.00000225. The number of halogens is 1. The van der Waals surface area contributed by atoms with Gasteiger partial charge in [0.1, 0.15) is 17.4 Å². The van der Waals surface area contributed by atoms with Crippen LogP contribution in [0, 0.1) is 0 Å². The number of carbonyl (C=O) groups excluding carboxylic acids is 1. The van der Waals surface area contributed by atoms with E-state index in [0.717, 1.165) is 23.2 Å². The van der Waals surface area contributed by atoms with Crippen molar-refractivity contribution in [3.8, 4) is 0 Å². The molecule has 1 saturated heterocycles. The zero-order valence-electron chi connectivity index (χ0n) is 14.3. The third-order valence-electron chi connectivity index (χ3n) is 4.82. The third kappa shape index (κ3) is 3.96. The van der Waals surface area contributed by atoms with E-state index in [0.29, 0.717) is 13.0 Å². The molecule has 1 fully saturated rings. The molecular weight excluding hydrogens is 344 g/mol. The first-order valence-electron chi connectivity index (χ1n) is 8.18. The van der Waals surface area contributed by atoms with Crippen LogP contribution < -0.4 is 0 Å². The number of benzene rings is 1. The highest BCUT2D eigenvalue weighted by molar-refractivity contribution is 5.85. The fourth-order valence-corrected chi connectivity index (χ4v) is 3.20. The van der Waals surface area contributed by atoms with Gasteiger partial charge in [-0.2, -0.15) is 0 Å². The van der Waals surface area contributed by atoms with E-state index in [-0.39, 0.29) is 30.9 Å². The summed E-state index contributed by atoms with van der Waals surface area (Å²) >= 11 is 0. The van der Waals surface area contributed by atoms with E-state index in [1.165, 1.54) is 0 Å². The van der Waals surface area contributed by atoms with Gasteiger partial charge >= 0.3 is 5.97 Å². The van der Waals surface area contributed by atoms with Gasteiger partial charge in [0.05, 0.1) is 12.6 Å². The van der Waals surface area contributed by atoms with Gasteiger partial charge in [0, 0.05) is 12.4 Å². The Morgan fingerprint density at radius 1 is 1.40 bits per heavy atom. The van der Waals surface area contributed by atoms with Gasteiger partial charge in [-0.1, -0.05) is 18.2 Å². The van der Waals surface area contributed by atoms with Crippen molar-refractivity contribution in [3.05, 3.63) is 36.1 Å². The van der Waals surface area contributed by atoms with Crippen LogP contribution in [0.1, 0.15) is 31.6 Å². The number of fused-ring (bicyclic) bond motifs is 1. The quantitative estimate of drug-likeness (QED) is 0.880. The number of carboxylic acid groups (broad SMARTS) is 1. The van der Waals surface area contributed by atoms with E-state index in [4.69, 9.17) is 4.42 Å². The van der Waals surface area contributed by atoms with Crippen LogP contribution in [0.3, 0.4) is 0 Å². The smallest absolute Gasteiger partial charge is 0.320 e. The summed E-state index contributed by atoms with van der Waals surface area (Å²) in [5.74, 6) is -0.229. The Labute approximate surface area is 152 Å². The number of amides is 1. The van der Waals surface area contributed by atoms with Crippen LogP contribution in [0.4, 0.5) is 0 Å². The maximum atomic E-state index is 12.5. The van der Waals surface area contributed by atoms with Gasteiger partial charge in [-0.3, -0.25) is 14.5 Å². The summed E-state index contributed by atoms with van der Waals surface area (Å²) in [6.07, 6.45) is 1.42. The van der Waals surface area contributed by atoms with E-state index < -0.39 is 12.0 Å². The molecule has 1 aromatic heterocycles. The third-order valence-corrected chi connectivity index (χ3v) is 4.82. The van der Waals surface area contributed by atoms with E-state index in [1.807, 2.05) is 37.3 Å². The zero-order valence-corrected chi connectivity index (χ0v) is 15.2. The van der Waals surface area contributed by atoms with Crippen molar-refractivity contribution in [3.63, 3.8) is 0 Å². The Morgan fingerprint density at radius 3 is 2.80 bits per heavy atom. The normalized spacial score (nSPS) is 18.7. The molecule has 1 N–H and O–H groups in total. The molecular formula is C18H23ClN2O4. The van der Waals surface area contributed by atoms with Crippen LogP contribution in [0.5, 0.6) is 0 Å². The number of nitrogens with zero attached hydrogens (tertiary/aromatic N) is 2. The van der Waals surface area contributed by atoms with Crippen molar-refractivity contribution in [1.82, 2.24) is 9.80 Å². The molecule has 3 rings (SSSR count). The van der Waals surface area contributed by atoms with E-state index in [9.17, 15) is 14.7 Å². The van der Waals surface area contributed by atoms with Gasteiger partial charge in [-0.05, 0) is 38.4 Å². The molecule has 6 nitrogen and oxygen atoms in total. The molecule has 1 aromatic carbocycles. The number of hydrogen-bond donors (Lipinski definition) is 1. The molecule has 0 spiro atoms. The fraction of sp³-hybridized carbons (Fsp3) is 0.444. The molecule has 1 unspecified atom stereocenters. The van der Waals surface area contributed by atoms with Crippen LogP contribution in [0.15, 0.2) is 34.7 Å². The van der Waals surface area contributed by atoms with Crippen molar-refractivity contribution in [1.29, 1.82) is 0 Å². The number of rotatable bonds is 5. The number of aliphatic carboxylic acids is 1. The minimum atomic E-state index is -0.853. The van der Waals surface area contributed by atoms with Crippen molar-refractivity contribution in [2.24, 2.45) is 0 Å². The monoisotopic (exact) mass is 366 g/mol. The summed E-state index contributed by atoms with van der Waals surface area (Å²) in [5, 5.41) is 10.2.